The number of imidazole rings is 3. The van der Waals surface area contributed by atoms with Gasteiger partial charge in [-0.1, -0.05) is 77.9 Å². The molecule has 3 N–H and O–H groups in total. The van der Waals surface area contributed by atoms with E-state index in [1.165, 1.54) is 0 Å². The molecule has 7 aromatic heterocycles. The molecule has 0 atom stereocenters. The SMILES string of the molecule is BrCc1cn2c(Br)cccc2n1.BrP(Br)Br.C.C.CCC(=O)CBr.CCOC(=O)c1cn2c(Br)cccc2n1.Nc1cccc(Br)n1.O=C=O.OCc1cn2c(Br)cccc2n1.[B].[H-].[Na+]. The van der Waals surface area contributed by atoms with Crippen molar-refractivity contribution in [2.75, 3.05) is 17.7 Å². The van der Waals surface area contributed by atoms with Crippen molar-refractivity contribution in [2.24, 2.45) is 0 Å². The third-order valence-electron chi connectivity index (χ3n) is 6.49. The van der Waals surface area contributed by atoms with E-state index in [-0.39, 0.29) is 76.8 Å². The second-order valence-corrected chi connectivity index (χ2v) is 30.2. The molecule has 0 saturated heterocycles. The number of ether oxygens (including phenoxy) is 1. The van der Waals surface area contributed by atoms with E-state index < -0.39 is 5.97 Å². The fraction of sp³-hybridized carbons (Fsp3) is 0.237. The normalized spacial score (nSPS) is 9.14. The van der Waals surface area contributed by atoms with Crippen molar-refractivity contribution < 1.29 is 60.0 Å². The number of rotatable bonds is 6. The topological polar surface area (TPSA) is 189 Å². The number of aliphatic hydroxyl groups excluding tert-OH is 1. The molecule has 0 aliphatic rings. The van der Waals surface area contributed by atoms with Gasteiger partial charge in [-0.2, -0.15) is 9.59 Å². The molecule has 0 aliphatic heterocycles. The van der Waals surface area contributed by atoms with Crippen molar-refractivity contribution in [3.63, 3.8) is 0 Å². The summed E-state index contributed by atoms with van der Waals surface area (Å²) in [5, 5.41) is 10.1. The molecule has 0 bridgehead atoms. The van der Waals surface area contributed by atoms with Gasteiger partial charge >= 0.3 is 41.7 Å². The molecule has 0 amide bonds. The number of fused-ring (bicyclic) bond motifs is 3. The number of carbonyl (C=O) groups is 2. The number of halogens is 9. The van der Waals surface area contributed by atoms with Gasteiger partial charge < -0.3 is 17.0 Å². The van der Waals surface area contributed by atoms with Gasteiger partial charge in [0, 0.05) is 38.8 Å². The quantitative estimate of drug-likeness (QED) is 0.0530. The molecule has 343 valence electrons. The van der Waals surface area contributed by atoms with Gasteiger partial charge in [0.2, 0.25) is 0 Å². The molecular formula is C38H43BBr9N8NaO6P. The van der Waals surface area contributed by atoms with E-state index in [4.69, 9.17) is 25.2 Å². The number of Topliss-reactive ketones (excluding diaryl/α,β-unsaturated/α-hetero) is 1. The van der Waals surface area contributed by atoms with Gasteiger partial charge in [-0.25, -0.2) is 24.7 Å². The predicted octanol–water partition coefficient (Wildman–Crippen LogP) is 10.5. The summed E-state index contributed by atoms with van der Waals surface area (Å²) in [7, 11) is 0. The van der Waals surface area contributed by atoms with Crippen LogP contribution in [-0.2, 0) is 31.1 Å². The maximum absolute atomic E-state index is 11.4. The van der Waals surface area contributed by atoms with E-state index >= 15 is 0 Å². The fourth-order valence-electron chi connectivity index (χ4n) is 3.99. The number of hydrogen-bond donors (Lipinski definition) is 2. The summed E-state index contributed by atoms with van der Waals surface area (Å²) < 4.78 is 13.9. The number of nitrogens with zero attached hydrogens (tertiary/aromatic N) is 7. The van der Waals surface area contributed by atoms with Crippen LogP contribution in [0.1, 0.15) is 58.4 Å². The van der Waals surface area contributed by atoms with Gasteiger partial charge in [-0.3, -0.25) is 18.0 Å². The molecule has 64 heavy (non-hydrogen) atoms. The Morgan fingerprint density at radius 1 is 0.734 bits per heavy atom. The predicted molar refractivity (Wildman–Crippen MR) is 288 cm³/mol. The summed E-state index contributed by atoms with van der Waals surface area (Å²) in [6.07, 6.45) is 6.36. The zero-order valence-corrected chi connectivity index (χ0v) is 50.0. The van der Waals surface area contributed by atoms with Crippen molar-refractivity contribution in [1.82, 2.24) is 33.1 Å². The Hall–Kier alpha value is -0.685. The van der Waals surface area contributed by atoms with E-state index in [1.807, 2.05) is 88.7 Å². The molecule has 3 radical (unpaired) electrons. The first-order chi connectivity index (χ1) is 28.6. The van der Waals surface area contributed by atoms with Gasteiger partial charge in [-0.15, -0.1) is 0 Å². The number of nitrogens with two attached hydrogens (primary N) is 1. The van der Waals surface area contributed by atoms with Crippen molar-refractivity contribution in [3.05, 3.63) is 127 Å². The molecule has 7 aromatic rings. The molecule has 0 spiro atoms. The Bertz CT molecular complexity index is 2330. The number of ketones is 1. The Balaban J connectivity index is -0.000000223. The third kappa shape index (κ3) is 27.3. The minimum atomic E-state index is -0.395. The minimum Gasteiger partial charge on any atom is -1.00 e. The Morgan fingerprint density at radius 3 is 1.45 bits per heavy atom. The van der Waals surface area contributed by atoms with Crippen LogP contribution in [0.2, 0.25) is 0 Å². The monoisotopic (exact) mass is 1480 g/mol. The number of pyridine rings is 4. The summed E-state index contributed by atoms with van der Waals surface area (Å²) in [5.41, 5.74) is 9.89. The molecular weight excluding hydrogens is 1450 g/mol. The Morgan fingerprint density at radius 2 is 1.14 bits per heavy atom. The maximum atomic E-state index is 11.4. The first-order valence-electron chi connectivity index (χ1n) is 16.5. The number of aliphatic hydroxyl groups is 1. The van der Waals surface area contributed by atoms with Crippen LogP contribution < -0.4 is 35.3 Å². The second kappa shape index (κ2) is 40.2. The zero-order chi connectivity index (χ0) is 45.2. The zero-order valence-electron chi connectivity index (χ0n) is 33.8. The van der Waals surface area contributed by atoms with E-state index in [1.54, 1.807) is 29.8 Å². The van der Waals surface area contributed by atoms with Crippen LogP contribution in [0.4, 0.5) is 5.82 Å². The Kier molecular flexibility index (Phi) is 43.9. The van der Waals surface area contributed by atoms with Crippen LogP contribution in [0, 0.1) is 0 Å². The molecule has 7 heterocycles. The average molecular weight is 1490 g/mol. The number of esters is 1. The first kappa shape index (κ1) is 69.9. The molecule has 26 heteroatoms. The van der Waals surface area contributed by atoms with Crippen LogP contribution in [0.25, 0.3) is 16.9 Å². The number of hydrogen-bond acceptors (Lipinski definition) is 11. The van der Waals surface area contributed by atoms with Crippen LogP contribution in [0.5, 0.6) is 0 Å². The standard InChI is InChI=1S/C10H9BrN2O2.C8H6Br2N2.C8H7BrN2O.C5H5BrN2.C4H7BrO.CO2.2CH4.B.Br3P.Na.H/c1-2-15-10(14)7-6-13-8(11)4-3-5-9(13)12-7;9-4-6-5-12-7(10)2-1-3-8(12)11-6;9-7-2-1-3-8-10-6(5-12)4-11(7)8;6-4-2-1-3-5(7)8-4;1-2-4(6)3-5;2-1-3;;;;1-4(2)3;;/h3-6H,2H2,1H3;1-3,5H,4H2;1-4,12H,5H2;1-3H,(H2,7,8);2-3H2,1H3;;2*1H4;;;;/q;;;;;;;;;;+1;-1. The van der Waals surface area contributed by atoms with Crippen molar-refractivity contribution in [2.45, 2.75) is 47.1 Å². The summed E-state index contributed by atoms with van der Waals surface area (Å²) in [6.45, 7) is 3.95. The maximum Gasteiger partial charge on any atom is 1.00 e. The number of nitrogen functional groups attached to an aromatic ring is 1. The third-order valence-corrected chi connectivity index (χ3v) is 10.1. The number of aromatic nitrogens is 7. The number of anilines is 1. The summed E-state index contributed by atoms with van der Waals surface area (Å²) in [6, 6.07) is 22.7. The number of carbonyl (C=O) groups excluding carboxylic acids is 4. The van der Waals surface area contributed by atoms with E-state index in [2.05, 4.69) is 162 Å². The summed E-state index contributed by atoms with van der Waals surface area (Å²) in [5.74, 6) is 0.405. The summed E-state index contributed by atoms with van der Waals surface area (Å²) >= 11 is 29.3. The average Bonchev–Trinajstić information content (AvgIpc) is 3.97. The van der Waals surface area contributed by atoms with Crippen molar-refractivity contribution in [3.8, 4) is 0 Å². The van der Waals surface area contributed by atoms with Crippen molar-refractivity contribution >= 4 is 195 Å². The molecule has 0 aromatic carbocycles. The van der Waals surface area contributed by atoms with Gasteiger partial charge in [0.15, 0.2) is 5.69 Å². The van der Waals surface area contributed by atoms with Gasteiger partial charge in [-0.05, 0) is 166 Å². The van der Waals surface area contributed by atoms with E-state index in [0.29, 0.717) is 41.2 Å². The Labute approximate surface area is 474 Å². The molecule has 14 nitrogen and oxygen atoms in total. The molecule has 0 saturated carbocycles. The van der Waals surface area contributed by atoms with Gasteiger partial charge in [0.1, 0.15) is 37.2 Å². The van der Waals surface area contributed by atoms with Crippen LogP contribution >= 0.6 is 146 Å². The number of alkyl halides is 2. The molecule has 0 fully saturated rings. The van der Waals surface area contributed by atoms with Gasteiger partial charge in [0.05, 0.1) is 43.7 Å². The smallest absolute Gasteiger partial charge is 1.00 e. The minimum absolute atomic E-state index is 0. The molecule has 7 rings (SSSR count). The first-order valence-corrected chi connectivity index (χ1v) is 29.3. The van der Waals surface area contributed by atoms with Crippen molar-refractivity contribution in [1.29, 1.82) is 0 Å². The van der Waals surface area contributed by atoms with Crippen LogP contribution in [-0.4, -0.2) is 76.5 Å². The second-order valence-electron chi connectivity index (χ2n) is 10.5. The molecule has 0 unspecified atom stereocenters. The van der Waals surface area contributed by atoms with E-state index in [9.17, 15) is 9.59 Å². The van der Waals surface area contributed by atoms with Crippen LogP contribution in [0.3, 0.4) is 0 Å². The largest absolute Gasteiger partial charge is 1.00 e. The van der Waals surface area contributed by atoms with Gasteiger partial charge in [0.25, 0.3) is 0 Å². The fourth-order valence-corrected chi connectivity index (χ4v) is 6.33. The summed E-state index contributed by atoms with van der Waals surface area (Å²) in [4.78, 5) is 54.4. The van der Waals surface area contributed by atoms with Crippen LogP contribution in [0.15, 0.2) is 110 Å². The molecule has 0 aliphatic carbocycles. The van der Waals surface area contributed by atoms with E-state index in [0.717, 1.165) is 40.7 Å².